The first-order valence-corrected chi connectivity index (χ1v) is 5.18. The molecule has 0 bridgehead atoms. The molecule has 0 aliphatic heterocycles. The molecule has 0 spiro atoms. The van der Waals surface area contributed by atoms with Crippen LogP contribution in [0.5, 0.6) is 0 Å². The van der Waals surface area contributed by atoms with E-state index in [4.69, 9.17) is 22.6 Å². The van der Waals surface area contributed by atoms with Gasteiger partial charge in [-0.2, -0.15) is 5.26 Å². The van der Waals surface area contributed by atoms with Crippen molar-refractivity contribution >= 4 is 39.0 Å². The van der Waals surface area contributed by atoms with Crippen molar-refractivity contribution < 1.29 is 4.79 Å². The summed E-state index contributed by atoms with van der Waals surface area (Å²) in [6, 6.07) is 4.78. The van der Waals surface area contributed by atoms with Crippen LogP contribution in [0.25, 0.3) is 0 Å². The second-order valence-corrected chi connectivity index (χ2v) is 3.54. The van der Waals surface area contributed by atoms with Crippen molar-refractivity contribution in [3.63, 3.8) is 0 Å². The number of rotatable bonds is 2. The van der Waals surface area contributed by atoms with Crippen LogP contribution in [0.15, 0.2) is 12.1 Å². The predicted molar refractivity (Wildman–Crippen MR) is 58.7 cm³/mol. The Labute approximate surface area is 94.6 Å². The van der Waals surface area contributed by atoms with Gasteiger partial charge in [0.25, 0.3) is 0 Å². The summed E-state index contributed by atoms with van der Waals surface area (Å²) in [5, 5.41) is 9.02. The smallest absolute Gasteiger partial charge is 0.174 e. The molecule has 0 amide bonds. The fourth-order valence-electron chi connectivity index (χ4n) is 1.00. The van der Waals surface area contributed by atoms with Gasteiger partial charge in [0.1, 0.15) is 6.07 Å². The number of nitrogen functional groups attached to an aromatic ring is 1. The summed E-state index contributed by atoms with van der Waals surface area (Å²) < 4.78 is 0. The summed E-state index contributed by atoms with van der Waals surface area (Å²) in [4.78, 5) is 11.4. The number of alkyl halides is 1. The van der Waals surface area contributed by atoms with Crippen LogP contribution in [0.1, 0.15) is 15.9 Å². The van der Waals surface area contributed by atoms with Crippen molar-refractivity contribution in [3.8, 4) is 6.07 Å². The van der Waals surface area contributed by atoms with Crippen LogP contribution in [-0.4, -0.2) is 11.1 Å². The number of nitrogens with zero attached hydrogens (tertiary/aromatic N) is 1. The monoisotopic (exact) mass is 272 g/mol. The fourth-order valence-corrected chi connectivity index (χ4v) is 1.56. The van der Waals surface area contributed by atoms with Gasteiger partial charge < -0.3 is 5.73 Å². The Morgan fingerprint density at radius 3 is 2.79 bits per heavy atom. The zero-order valence-corrected chi connectivity index (χ0v) is 9.39. The third-order valence-corrected chi connectivity index (χ3v) is 2.55. The van der Waals surface area contributed by atoms with E-state index in [1.165, 1.54) is 12.1 Å². The van der Waals surface area contributed by atoms with Crippen LogP contribution < -0.4 is 5.73 Å². The van der Waals surface area contributed by atoms with Gasteiger partial charge in [0.2, 0.25) is 0 Å². The fraction of sp³-hybridized carbons (Fsp3) is 0.111. The number of hydrogen-bond acceptors (Lipinski definition) is 3. The van der Waals surface area contributed by atoms with Crippen LogP contribution >= 0.6 is 27.5 Å². The van der Waals surface area contributed by atoms with Gasteiger partial charge in [-0.1, -0.05) is 27.5 Å². The maximum absolute atomic E-state index is 11.4. The summed E-state index contributed by atoms with van der Waals surface area (Å²) in [6.07, 6.45) is 0. The van der Waals surface area contributed by atoms with Crippen LogP contribution in [-0.2, 0) is 0 Å². The van der Waals surface area contributed by atoms with Gasteiger partial charge in [0.05, 0.1) is 15.9 Å². The Balaban J connectivity index is 3.38. The number of benzene rings is 1. The molecule has 2 N–H and O–H groups in total. The minimum absolute atomic E-state index is 0.154. The molecule has 0 heterocycles. The summed E-state index contributed by atoms with van der Waals surface area (Å²) in [5.41, 5.74) is 6.37. The van der Waals surface area contributed by atoms with E-state index >= 15 is 0 Å². The zero-order chi connectivity index (χ0) is 10.7. The number of ketones is 1. The molecule has 3 nitrogen and oxygen atoms in total. The van der Waals surface area contributed by atoms with E-state index in [0.29, 0.717) is 5.69 Å². The highest BCUT2D eigenvalue weighted by atomic mass is 79.9. The molecule has 0 saturated heterocycles. The molecule has 1 rings (SSSR count). The van der Waals surface area contributed by atoms with Crippen molar-refractivity contribution in [3.05, 3.63) is 28.3 Å². The molecule has 0 aliphatic rings. The van der Waals surface area contributed by atoms with E-state index < -0.39 is 0 Å². The summed E-state index contributed by atoms with van der Waals surface area (Å²) >= 11 is 8.86. The van der Waals surface area contributed by atoms with Crippen LogP contribution in [0.3, 0.4) is 0 Å². The molecule has 5 heteroatoms. The second-order valence-electron chi connectivity index (χ2n) is 2.60. The summed E-state index contributed by atoms with van der Waals surface area (Å²) in [6.45, 7) is 0. The maximum Gasteiger partial charge on any atom is 0.174 e. The van der Waals surface area contributed by atoms with Gasteiger partial charge in [-0.15, -0.1) is 0 Å². The lowest BCUT2D eigenvalue weighted by molar-refractivity contribution is 0.102. The topological polar surface area (TPSA) is 66.9 Å². The Hall–Kier alpha value is -1.05. The average Bonchev–Trinajstić information content (AvgIpc) is 2.19. The van der Waals surface area contributed by atoms with Crippen LogP contribution in [0.4, 0.5) is 5.69 Å². The lowest BCUT2D eigenvalue weighted by Gasteiger charge is -2.04. The summed E-state index contributed by atoms with van der Waals surface area (Å²) in [5.74, 6) is -0.196. The van der Waals surface area contributed by atoms with Gasteiger partial charge in [-0.05, 0) is 12.1 Å². The van der Waals surface area contributed by atoms with E-state index in [-0.39, 0.29) is 27.3 Å². The minimum Gasteiger partial charge on any atom is -0.399 e. The lowest BCUT2D eigenvalue weighted by Crippen LogP contribution is -2.03. The molecule has 1 aromatic carbocycles. The molecular weight excluding hydrogens is 267 g/mol. The number of Topliss-reactive ketones (excluding diaryl/α,β-unsaturated/α-hetero) is 1. The lowest BCUT2D eigenvalue weighted by atomic mass is 10.1. The number of anilines is 1. The van der Waals surface area contributed by atoms with Crippen LogP contribution in [0.2, 0.25) is 5.02 Å². The standard InChI is InChI=1S/C9H6BrClN2O/c10-3-8(14)7-2-6(13)1-5(4-12)9(7)11/h1-2H,3,13H2. The number of hydrogen-bond donors (Lipinski definition) is 1. The van der Waals surface area contributed by atoms with Crippen molar-refractivity contribution in [2.24, 2.45) is 0 Å². The Kier molecular flexibility index (Phi) is 3.50. The van der Waals surface area contributed by atoms with Gasteiger partial charge in [-0.3, -0.25) is 4.79 Å². The molecule has 0 saturated carbocycles. The SMILES string of the molecule is N#Cc1cc(N)cc(C(=O)CBr)c1Cl. The van der Waals surface area contributed by atoms with E-state index in [9.17, 15) is 4.79 Å². The third kappa shape index (κ3) is 2.06. The molecule has 1 aromatic rings. The van der Waals surface area contributed by atoms with Crippen molar-refractivity contribution in [1.29, 1.82) is 5.26 Å². The quantitative estimate of drug-likeness (QED) is 0.511. The largest absolute Gasteiger partial charge is 0.399 e. The highest BCUT2D eigenvalue weighted by molar-refractivity contribution is 9.09. The van der Waals surface area contributed by atoms with E-state index in [0.717, 1.165) is 0 Å². The van der Waals surface area contributed by atoms with Crippen molar-refractivity contribution in [2.45, 2.75) is 0 Å². The number of carbonyl (C=O) groups excluding carboxylic acids is 1. The van der Waals surface area contributed by atoms with Gasteiger partial charge in [0.15, 0.2) is 5.78 Å². The van der Waals surface area contributed by atoms with Gasteiger partial charge >= 0.3 is 0 Å². The van der Waals surface area contributed by atoms with Crippen molar-refractivity contribution in [1.82, 2.24) is 0 Å². The van der Waals surface area contributed by atoms with Crippen molar-refractivity contribution in [2.75, 3.05) is 11.1 Å². The van der Waals surface area contributed by atoms with Crippen LogP contribution in [0, 0.1) is 11.3 Å². The van der Waals surface area contributed by atoms with Gasteiger partial charge in [-0.25, -0.2) is 0 Å². The number of halogens is 2. The second kappa shape index (κ2) is 4.45. The average molecular weight is 274 g/mol. The highest BCUT2D eigenvalue weighted by Crippen LogP contribution is 2.24. The molecule has 14 heavy (non-hydrogen) atoms. The van der Waals surface area contributed by atoms with E-state index in [1.807, 2.05) is 6.07 Å². The highest BCUT2D eigenvalue weighted by Gasteiger charge is 2.13. The zero-order valence-electron chi connectivity index (χ0n) is 7.05. The number of carbonyl (C=O) groups is 1. The normalized spacial score (nSPS) is 9.50. The number of nitriles is 1. The van der Waals surface area contributed by atoms with E-state index in [2.05, 4.69) is 15.9 Å². The third-order valence-electron chi connectivity index (χ3n) is 1.64. The molecule has 0 atom stereocenters. The van der Waals surface area contributed by atoms with Gasteiger partial charge in [0, 0.05) is 11.3 Å². The molecule has 0 unspecified atom stereocenters. The first-order valence-electron chi connectivity index (χ1n) is 3.68. The molecule has 0 radical (unpaired) electrons. The predicted octanol–water partition coefficient (Wildman–Crippen LogP) is 2.37. The Morgan fingerprint density at radius 2 is 2.29 bits per heavy atom. The van der Waals surface area contributed by atoms with E-state index in [1.54, 1.807) is 0 Å². The minimum atomic E-state index is -0.196. The Bertz CT molecular complexity index is 426. The maximum atomic E-state index is 11.4. The number of nitrogens with two attached hydrogens (primary N) is 1. The first-order chi connectivity index (χ1) is 6.60. The first kappa shape index (κ1) is 11.0. The molecule has 0 aromatic heterocycles. The molecule has 0 fully saturated rings. The summed E-state index contributed by atoms with van der Waals surface area (Å²) in [7, 11) is 0. The Morgan fingerprint density at radius 1 is 1.64 bits per heavy atom. The molecular formula is C9H6BrClN2O. The molecule has 72 valence electrons. The molecule has 0 aliphatic carbocycles.